The average Bonchev–Trinajstić information content (AvgIpc) is 3.28. The average molecular weight is 347 g/mol. The molecule has 1 saturated heterocycles. The molecule has 3 heterocycles. The molecule has 8 heteroatoms. The molecule has 2 aromatic heterocycles. The van der Waals surface area contributed by atoms with Crippen LogP contribution in [0, 0.1) is 6.92 Å². The molecule has 0 aliphatic carbocycles. The lowest BCUT2D eigenvalue weighted by Gasteiger charge is -2.39. The van der Waals surface area contributed by atoms with E-state index in [2.05, 4.69) is 15.2 Å². The highest BCUT2D eigenvalue weighted by molar-refractivity contribution is 5.92. The fourth-order valence-electron chi connectivity index (χ4n) is 3.46. The minimum absolute atomic E-state index is 0.0315. The van der Waals surface area contributed by atoms with Gasteiger partial charge in [-0.25, -0.2) is 0 Å². The summed E-state index contributed by atoms with van der Waals surface area (Å²) in [4.78, 5) is 19.1. The monoisotopic (exact) mass is 347 g/mol. The number of carbonyl (C=O) groups is 1. The standard InChI is InChI=1S/C17H25N5O3/c1-4-22-14(5-9-18-22)15(23)21-10-6-17(7-11-21,8-12-24-3)16-19-13(2)25-20-16/h5,9H,4,6-8,10-12H2,1-3H3. The van der Waals surface area contributed by atoms with E-state index in [0.29, 0.717) is 37.8 Å². The van der Waals surface area contributed by atoms with E-state index in [1.54, 1.807) is 31.0 Å². The minimum Gasteiger partial charge on any atom is -0.385 e. The molecule has 1 aliphatic rings. The lowest BCUT2D eigenvalue weighted by atomic mass is 9.75. The second-order valence-electron chi connectivity index (χ2n) is 6.48. The van der Waals surface area contributed by atoms with E-state index in [0.717, 1.165) is 25.1 Å². The zero-order valence-corrected chi connectivity index (χ0v) is 15.1. The van der Waals surface area contributed by atoms with Crippen molar-refractivity contribution in [1.29, 1.82) is 0 Å². The van der Waals surface area contributed by atoms with Crippen LogP contribution in [-0.4, -0.2) is 57.5 Å². The lowest BCUT2D eigenvalue weighted by Crippen LogP contribution is -2.46. The second kappa shape index (κ2) is 7.35. The van der Waals surface area contributed by atoms with Crippen molar-refractivity contribution < 1.29 is 14.1 Å². The Hall–Kier alpha value is -2.22. The third-order valence-corrected chi connectivity index (χ3v) is 5.03. The molecule has 1 amide bonds. The van der Waals surface area contributed by atoms with E-state index < -0.39 is 0 Å². The van der Waals surface area contributed by atoms with Crippen molar-refractivity contribution in [1.82, 2.24) is 24.8 Å². The summed E-state index contributed by atoms with van der Waals surface area (Å²) in [7, 11) is 1.69. The van der Waals surface area contributed by atoms with E-state index >= 15 is 0 Å². The number of likely N-dealkylation sites (tertiary alicyclic amines) is 1. The fourth-order valence-corrected chi connectivity index (χ4v) is 3.46. The summed E-state index contributed by atoms with van der Waals surface area (Å²) in [6.45, 7) is 6.40. The van der Waals surface area contributed by atoms with Gasteiger partial charge >= 0.3 is 0 Å². The van der Waals surface area contributed by atoms with Gasteiger partial charge in [0.1, 0.15) is 5.69 Å². The smallest absolute Gasteiger partial charge is 0.272 e. The van der Waals surface area contributed by atoms with Gasteiger partial charge in [0.15, 0.2) is 5.82 Å². The maximum Gasteiger partial charge on any atom is 0.272 e. The van der Waals surface area contributed by atoms with E-state index in [1.807, 2.05) is 11.8 Å². The van der Waals surface area contributed by atoms with Gasteiger partial charge in [0.25, 0.3) is 5.91 Å². The van der Waals surface area contributed by atoms with Crippen molar-refractivity contribution in [3.05, 3.63) is 29.7 Å². The van der Waals surface area contributed by atoms with Crippen LogP contribution in [0.25, 0.3) is 0 Å². The van der Waals surface area contributed by atoms with Crippen LogP contribution in [0.1, 0.15) is 48.4 Å². The molecule has 0 atom stereocenters. The molecule has 136 valence electrons. The molecule has 0 bridgehead atoms. The Morgan fingerprint density at radius 1 is 1.40 bits per heavy atom. The predicted octanol–water partition coefficient (Wildman–Crippen LogP) is 1.80. The highest BCUT2D eigenvalue weighted by Crippen LogP contribution is 2.37. The molecule has 25 heavy (non-hydrogen) atoms. The molecule has 0 N–H and O–H groups in total. The van der Waals surface area contributed by atoms with Crippen LogP contribution in [0.5, 0.6) is 0 Å². The molecule has 0 aromatic carbocycles. The quantitative estimate of drug-likeness (QED) is 0.792. The summed E-state index contributed by atoms with van der Waals surface area (Å²) in [5, 5.41) is 8.34. The Kier molecular flexibility index (Phi) is 5.17. The lowest BCUT2D eigenvalue weighted by molar-refractivity contribution is 0.0604. The first-order chi connectivity index (χ1) is 12.1. The van der Waals surface area contributed by atoms with Gasteiger partial charge in [-0.3, -0.25) is 9.48 Å². The number of rotatable bonds is 6. The number of amides is 1. The van der Waals surface area contributed by atoms with Crippen molar-refractivity contribution >= 4 is 5.91 Å². The van der Waals surface area contributed by atoms with Crippen LogP contribution in [0.3, 0.4) is 0 Å². The van der Waals surface area contributed by atoms with Gasteiger partial charge in [-0.1, -0.05) is 5.16 Å². The van der Waals surface area contributed by atoms with E-state index in [9.17, 15) is 4.79 Å². The molecule has 0 unspecified atom stereocenters. The van der Waals surface area contributed by atoms with Crippen molar-refractivity contribution in [2.75, 3.05) is 26.8 Å². The normalized spacial score (nSPS) is 17.0. The van der Waals surface area contributed by atoms with Crippen LogP contribution >= 0.6 is 0 Å². The highest BCUT2D eigenvalue weighted by atomic mass is 16.5. The van der Waals surface area contributed by atoms with Gasteiger partial charge in [0.2, 0.25) is 5.89 Å². The van der Waals surface area contributed by atoms with Crippen LogP contribution in [0.4, 0.5) is 0 Å². The largest absolute Gasteiger partial charge is 0.385 e. The SMILES string of the molecule is CCn1nccc1C(=O)N1CCC(CCOC)(c2noc(C)n2)CC1. The molecule has 2 aromatic rings. The number of hydrogen-bond donors (Lipinski definition) is 0. The van der Waals surface area contributed by atoms with Crippen molar-refractivity contribution in [2.24, 2.45) is 0 Å². The second-order valence-corrected chi connectivity index (χ2v) is 6.48. The molecule has 1 fully saturated rings. The maximum absolute atomic E-state index is 12.8. The number of piperidine rings is 1. The van der Waals surface area contributed by atoms with Crippen LogP contribution in [0.2, 0.25) is 0 Å². The zero-order chi connectivity index (χ0) is 17.9. The number of nitrogens with zero attached hydrogens (tertiary/aromatic N) is 5. The van der Waals surface area contributed by atoms with Crippen LogP contribution < -0.4 is 0 Å². The van der Waals surface area contributed by atoms with Gasteiger partial charge in [-0.05, 0) is 32.3 Å². The Labute approximate surface area is 147 Å². The van der Waals surface area contributed by atoms with Crippen LogP contribution in [0.15, 0.2) is 16.8 Å². The van der Waals surface area contributed by atoms with E-state index in [4.69, 9.17) is 9.26 Å². The van der Waals surface area contributed by atoms with E-state index in [-0.39, 0.29) is 11.3 Å². The first-order valence-corrected chi connectivity index (χ1v) is 8.70. The maximum atomic E-state index is 12.8. The summed E-state index contributed by atoms with van der Waals surface area (Å²) in [5.74, 6) is 1.33. The first-order valence-electron chi connectivity index (χ1n) is 8.70. The molecule has 0 spiro atoms. The topological polar surface area (TPSA) is 86.3 Å². The molecule has 0 radical (unpaired) electrons. The number of aryl methyl sites for hydroxylation is 2. The van der Waals surface area contributed by atoms with Crippen molar-refractivity contribution in [3.8, 4) is 0 Å². The highest BCUT2D eigenvalue weighted by Gasteiger charge is 2.41. The van der Waals surface area contributed by atoms with Crippen LogP contribution in [-0.2, 0) is 16.7 Å². The Balaban J connectivity index is 1.74. The first kappa shape index (κ1) is 17.6. The molecule has 1 aliphatic heterocycles. The molecular formula is C17H25N5O3. The summed E-state index contributed by atoms with van der Waals surface area (Å²) < 4.78 is 12.2. The van der Waals surface area contributed by atoms with Crippen molar-refractivity contribution in [3.63, 3.8) is 0 Å². The van der Waals surface area contributed by atoms with Gasteiger partial charge in [-0.15, -0.1) is 0 Å². The third kappa shape index (κ3) is 3.44. The van der Waals surface area contributed by atoms with Crippen molar-refractivity contribution in [2.45, 2.75) is 45.1 Å². The number of methoxy groups -OCH3 is 1. The summed E-state index contributed by atoms with van der Waals surface area (Å²) in [6.07, 6.45) is 4.08. The molecule has 0 saturated carbocycles. The predicted molar refractivity (Wildman–Crippen MR) is 90.2 cm³/mol. The van der Waals surface area contributed by atoms with Gasteiger partial charge in [-0.2, -0.15) is 10.1 Å². The number of ether oxygens (including phenoxy) is 1. The molecule has 8 nitrogen and oxygen atoms in total. The van der Waals surface area contributed by atoms with E-state index in [1.165, 1.54) is 0 Å². The van der Waals surface area contributed by atoms with Gasteiger partial charge in [0.05, 0.1) is 0 Å². The number of hydrogen-bond acceptors (Lipinski definition) is 6. The number of aromatic nitrogens is 4. The molecular weight excluding hydrogens is 322 g/mol. The summed E-state index contributed by atoms with van der Waals surface area (Å²) >= 11 is 0. The zero-order valence-electron chi connectivity index (χ0n) is 15.1. The summed E-state index contributed by atoms with van der Waals surface area (Å²) in [5.41, 5.74) is 0.442. The third-order valence-electron chi connectivity index (χ3n) is 5.03. The van der Waals surface area contributed by atoms with Gasteiger partial charge in [0, 0.05) is 51.9 Å². The number of carbonyl (C=O) groups excluding carboxylic acids is 1. The Morgan fingerprint density at radius 2 is 2.16 bits per heavy atom. The Morgan fingerprint density at radius 3 is 2.76 bits per heavy atom. The van der Waals surface area contributed by atoms with Gasteiger partial charge < -0.3 is 14.2 Å². The summed E-state index contributed by atoms with van der Waals surface area (Å²) in [6, 6.07) is 1.78. The fraction of sp³-hybridized carbons (Fsp3) is 0.647. The Bertz CT molecular complexity index is 715. The minimum atomic E-state index is -0.199. The molecule has 3 rings (SSSR count).